The maximum Gasteiger partial charge on any atom is 0.306 e. The number of aliphatic carboxylic acids is 2. The minimum atomic E-state index is -0.803. The number of carboxylic acid groups (broad SMARTS) is 2. The predicted molar refractivity (Wildman–Crippen MR) is 223 cm³/mol. The second-order valence-electron chi connectivity index (χ2n) is 19.4. The molecule has 0 aromatic rings. The average molecular weight is 721 g/mol. The first kappa shape index (κ1) is 49.9. The molecule has 4 nitrogen and oxygen atoms in total. The van der Waals surface area contributed by atoms with Crippen LogP contribution in [0.5, 0.6) is 0 Å². The number of carboxylic acids is 2. The largest absolute Gasteiger partial charge is 0.481 e. The van der Waals surface area contributed by atoms with Crippen molar-refractivity contribution in [2.45, 2.75) is 254 Å². The molecule has 0 aromatic heterocycles. The van der Waals surface area contributed by atoms with Gasteiger partial charge in [-0.2, -0.15) is 0 Å². The molecule has 0 saturated heterocycles. The summed E-state index contributed by atoms with van der Waals surface area (Å²) in [5, 5.41) is 20.8. The summed E-state index contributed by atoms with van der Waals surface area (Å²) in [6, 6.07) is 0. The number of hydrogen-bond donors (Lipinski definition) is 2. The Morgan fingerprint density at radius 3 is 0.843 bits per heavy atom. The van der Waals surface area contributed by atoms with E-state index in [0.717, 1.165) is 38.5 Å². The van der Waals surface area contributed by atoms with Gasteiger partial charge in [0, 0.05) is 0 Å². The van der Waals surface area contributed by atoms with E-state index < -0.39 is 23.8 Å². The molecule has 0 heterocycles. The molecular weight excluding hydrogens is 629 g/mol. The fraction of sp³-hybridized carbons (Fsp3) is 0.957. The summed E-state index contributed by atoms with van der Waals surface area (Å²) in [4.78, 5) is 25.3. The van der Waals surface area contributed by atoms with Crippen molar-refractivity contribution in [2.24, 2.45) is 34.5 Å². The Bertz CT molecular complexity index is 740. The molecule has 0 aliphatic heterocycles. The van der Waals surface area contributed by atoms with Crippen molar-refractivity contribution < 1.29 is 19.8 Å². The quantitative estimate of drug-likeness (QED) is 0.0632. The lowest BCUT2D eigenvalue weighted by atomic mass is 9.74. The van der Waals surface area contributed by atoms with Gasteiger partial charge in [0.2, 0.25) is 0 Å². The van der Waals surface area contributed by atoms with Gasteiger partial charge >= 0.3 is 11.9 Å². The zero-order valence-corrected chi connectivity index (χ0v) is 35.9. The van der Waals surface area contributed by atoms with Crippen LogP contribution in [0.25, 0.3) is 0 Å². The summed E-state index contributed by atoms with van der Waals surface area (Å²) in [5.41, 5.74) is 0.256. The first-order chi connectivity index (χ1) is 24.2. The van der Waals surface area contributed by atoms with Crippen molar-refractivity contribution in [3.05, 3.63) is 0 Å². The number of unbranched alkanes of at least 4 members (excludes halogenated alkanes) is 22. The molecule has 0 radical (unpaired) electrons. The van der Waals surface area contributed by atoms with Crippen LogP contribution in [-0.2, 0) is 9.59 Å². The van der Waals surface area contributed by atoms with Crippen LogP contribution in [0, 0.1) is 34.5 Å². The summed E-state index contributed by atoms with van der Waals surface area (Å²) < 4.78 is 0. The summed E-state index contributed by atoms with van der Waals surface area (Å²) in [5.74, 6) is -2.12. The molecule has 0 rings (SSSR count). The Morgan fingerprint density at radius 2 is 0.627 bits per heavy atom. The van der Waals surface area contributed by atoms with Crippen LogP contribution >= 0.6 is 0 Å². The zero-order valence-electron chi connectivity index (χ0n) is 35.9. The van der Waals surface area contributed by atoms with Crippen molar-refractivity contribution in [1.82, 2.24) is 0 Å². The third-order valence-electron chi connectivity index (χ3n) is 11.2. The molecule has 51 heavy (non-hydrogen) atoms. The molecular formula is C47H92O4. The van der Waals surface area contributed by atoms with E-state index in [4.69, 9.17) is 0 Å². The van der Waals surface area contributed by atoms with Crippen molar-refractivity contribution in [3.63, 3.8) is 0 Å². The standard InChI is InChI=1S/C47H92O4/c1-9-11-13-15-17-19-21-23-25-27-29-31-33-40(38-46(3,4)5)35-42(44(48)49)37-43(45(50)51)36-41(39-47(6,7)8)34-32-30-28-26-24-22-20-18-16-14-12-10-2/h40-43H,9-39H2,1-8H3,(H,48,49)(H,50,51). The highest BCUT2D eigenvalue weighted by Crippen LogP contribution is 2.37. The average Bonchev–Trinajstić information content (AvgIpc) is 3.03. The molecule has 0 spiro atoms. The van der Waals surface area contributed by atoms with E-state index in [1.54, 1.807) is 0 Å². The molecule has 0 fully saturated rings. The van der Waals surface area contributed by atoms with Gasteiger partial charge in [-0.1, -0.05) is 222 Å². The second kappa shape index (κ2) is 31.3. The Morgan fingerprint density at radius 1 is 0.392 bits per heavy atom. The lowest BCUT2D eigenvalue weighted by Crippen LogP contribution is -2.28. The summed E-state index contributed by atoms with van der Waals surface area (Å²) >= 11 is 0. The first-order valence-electron chi connectivity index (χ1n) is 22.6. The highest BCUT2D eigenvalue weighted by atomic mass is 16.4. The molecule has 4 unspecified atom stereocenters. The maximum absolute atomic E-state index is 12.7. The Kier molecular flexibility index (Phi) is 30.7. The molecule has 4 heteroatoms. The van der Waals surface area contributed by atoms with E-state index in [1.165, 1.54) is 141 Å². The smallest absolute Gasteiger partial charge is 0.306 e. The lowest BCUT2D eigenvalue weighted by Gasteiger charge is -2.31. The third kappa shape index (κ3) is 33.3. The summed E-state index contributed by atoms with van der Waals surface area (Å²) in [7, 11) is 0. The molecule has 0 saturated carbocycles. The van der Waals surface area contributed by atoms with Crippen LogP contribution in [0.2, 0.25) is 0 Å². The first-order valence-corrected chi connectivity index (χ1v) is 22.6. The molecule has 0 aromatic carbocycles. The SMILES string of the molecule is CCCCCCCCCCCCCCC(CC(CC(CC(CCCCCCCCCCCCCC)CC(C)(C)C)C(=O)O)C(=O)O)CC(C)(C)C. The van der Waals surface area contributed by atoms with Gasteiger partial charge < -0.3 is 10.2 Å². The molecule has 0 bridgehead atoms. The van der Waals surface area contributed by atoms with Gasteiger partial charge in [-0.15, -0.1) is 0 Å². The zero-order chi connectivity index (χ0) is 38.4. The van der Waals surface area contributed by atoms with E-state index in [1.807, 2.05) is 0 Å². The second-order valence-corrected chi connectivity index (χ2v) is 19.4. The van der Waals surface area contributed by atoms with Crippen LogP contribution in [0.15, 0.2) is 0 Å². The Labute approximate surface area is 319 Å². The Hall–Kier alpha value is -1.06. The predicted octanol–water partition coefficient (Wildman–Crippen LogP) is 15.8. The van der Waals surface area contributed by atoms with Gasteiger partial charge in [0.05, 0.1) is 11.8 Å². The molecule has 2 N–H and O–H groups in total. The Balaban J connectivity index is 4.95. The van der Waals surface area contributed by atoms with Gasteiger partial charge in [0.25, 0.3) is 0 Å². The van der Waals surface area contributed by atoms with Crippen LogP contribution in [0.1, 0.15) is 254 Å². The van der Waals surface area contributed by atoms with Gasteiger partial charge in [-0.3, -0.25) is 9.59 Å². The third-order valence-corrected chi connectivity index (χ3v) is 11.2. The topological polar surface area (TPSA) is 74.6 Å². The fourth-order valence-electron chi connectivity index (χ4n) is 8.63. The van der Waals surface area contributed by atoms with E-state index in [-0.39, 0.29) is 17.3 Å². The molecule has 304 valence electrons. The number of hydrogen-bond acceptors (Lipinski definition) is 2. The van der Waals surface area contributed by atoms with E-state index in [0.29, 0.717) is 24.7 Å². The van der Waals surface area contributed by atoms with Crippen molar-refractivity contribution >= 4 is 11.9 Å². The molecule has 0 aliphatic carbocycles. The minimum absolute atomic E-state index is 0.128. The van der Waals surface area contributed by atoms with Crippen LogP contribution in [0.3, 0.4) is 0 Å². The van der Waals surface area contributed by atoms with E-state index >= 15 is 0 Å². The number of rotatable bonds is 36. The monoisotopic (exact) mass is 721 g/mol. The van der Waals surface area contributed by atoms with E-state index in [2.05, 4.69) is 55.4 Å². The van der Waals surface area contributed by atoms with E-state index in [9.17, 15) is 19.8 Å². The molecule has 0 amide bonds. The molecule has 4 atom stereocenters. The van der Waals surface area contributed by atoms with Gasteiger partial charge in [-0.05, 0) is 54.8 Å². The molecule has 0 aliphatic rings. The van der Waals surface area contributed by atoms with Crippen molar-refractivity contribution in [2.75, 3.05) is 0 Å². The minimum Gasteiger partial charge on any atom is -0.481 e. The summed E-state index contributed by atoms with van der Waals surface area (Å²) in [6.07, 6.45) is 37.4. The fourth-order valence-corrected chi connectivity index (χ4v) is 8.63. The van der Waals surface area contributed by atoms with Gasteiger partial charge in [-0.25, -0.2) is 0 Å². The highest BCUT2D eigenvalue weighted by Gasteiger charge is 2.33. The van der Waals surface area contributed by atoms with Crippen LogP contribution in [-0.4, -0.2) is 22.2 Å². The van der Waals surface area contributed by atoms with Gasteiger partial charge in [0.1, 0.15) is 0 Å². The lowest BCUT2D eigenvalue weighted by molar-refractivity contribution is -0.147. The summed E-state index contributed by atoms with van der Waals surface area (Å²) in [6.45, 7) is 18.1. The van der Waals surface area contributed by atoms with Crippen molar-refractivity contribution in [3.8, 4) is 0 Å². The van der Waals surface area contributed by atoms with Gasteiger partial charge in [0.15, 0.2) is 0 Å². The maximum atomic E-state index is 12.7. The normalized spacial score (nSPS) is 14.7. The van der Waals surface area contributed by atoms with Crippen molar-refractivity contribution in [1.29, 1.82) is 0 Å². The number of carbonyl (C=O) groups is 2. The highest BCUT2D eigenvalue weighted by molar-refractivity contribution is 5.73. The van der Waals surface area contributed by atoms with Crippen LogP contribution in [0.4, 0.5) is 0 Å². The van der Waals surface area contributed by atoms with Crippen LogP contribution < -0.4 is 0 Å².